The van der Waals surface area contributed by atoms with Crippen molar-refractivity contribution >= 4 is 34.4 Å². The van der Waals surface area contributed by atoms with E-state index in [9.17, 15) is 0 Å². The van der Waals surface area contributed by atoms with E-state index < -0.39 is 0 Å². The van der Waals surface area contributed by atoms with E-state index in [1.165, 1.54) is 29.0 Å². The summed E-state index contributed by atoms with van der Waals surface area (Å²) in [6.07, 6.45) is 1.17. The van der Waals surface area contributed by atoms with Crippen molar-refractivity contribution in [3.8, 4) is 0 Å². The van der Waals surface area contributed by atoms with Crippen LogP contribution in [0.4, 0.5) is 0 Å². The monoisotopic (exact) mass is 282 g/mol. The molecule has 0 atom stereocenters. The van der Waals surface area contributed by atoms with Crippen LogP contribution >= 0.6 is 23.4 Å². The van der Waals surface area contributed by atoms with E-state index in [-0.39, 0.29) is 0 Å². The van der Waals surface area contributed by atoms with Gasteiger partial charge in [-0.15, -0.1) is 11.6 Å². The maximum atomic E-state index is 5.99. The minimum atomic E-state index is 0.481. The number of alkyl halides is 1. The van der Waals surface area contributed by atoms with Crippen molar-refractivity contribution in [1.82, 2.24) is 9.55 Å². The summed E-state index contributed by atoms with van der Waals surface area (Å²) >= 11 is 7.98. The summed E-state index contributed by atoms with van der Waals surface area (Å²) in [5, 5.41) is 0. The number of fused-ring (bicyclic) bond motifs is 1. The van der Waals surface area contributed by atoms with Gasteiger partial charge in [0.1, 0.15) is 5.82 Å². The molecular weight excluding hydrogens is 264 g/mol. The van der Waals surface area contributed by atoms with Gasteiger partial charge in [0.05, 0.1) is 16.9 Å². The highest BCUT2D eigenvalue weighted by atomic mass is 35.5. The van der Waals surface area contributed by atoms with Crippen molar-refractivity contribution in [2.75, 3.05) is 11.5 Å². The van der Waals surface area contributed by atoms with Gasteiger partial charge in [0.25, 0.3) is 0 Å². The molecule has 2 nitrogen and oxygen atoms in total. The summed E-state index contributed by atoms with van der Waals surface area (Å²) in [6.45, 7) is 5.30. The summed E-state index contributed by atoms with van der Waals surface area (Å²) in [5.74, 6) is 3.85. The van der Waals surface area contributed by atoms with Crippen LogP contribution < -0.4 is 0 Å². The molecule has 1 aromatic carbocycles. The summed E-state index contributed by atoms with van der Waals surface area (Å²) in [5.41, 5.74) is 3.52. The fourth-order valence-electron chi connectivity index (χ4n) is 2.11. The number of rotatable bonds is 6. The molecular formula is C14H19ClN2S. The molecule has 2 aromatic rings. The molecule has 0 spiro atoms. The van der Waals surface area contributed by atoms with Crippen molar-refractivity contribution in [3.05, 3.63) is 29.6 Å². The Morgan fingerprint density at radius 3 is 2.94 bits per heavy atom. The van der Waals surface area contributed by atoms with Crippen molar-refractivity contribution in [3.63, 3.8) is 0 Å². The second-order valence-electron chi connectivity index (χ2n) is 4.36. The third kappa shape index (κ3) is 3.01. The zero-order valence-corrected chi connectivity index (χ0v) is 12.5. The number of hydrogen-bond donors (Lipinski definition) is 0. The van der Waals surface area contributed by atoms with Crippen molar-refractivity contribution < 1.29 is 0 Å². The minimum absolute atomic E-state index is 0.481. The molecule has 0 saturated heterocycles. The number of aromatic nitrogens is 2. The molecule has 0 aliphatic heterocycles. The summed E-state index contributed by atoms with van der Waals surface area (Å²) in [6, 6.07) is 6.42. The maximum Gasteiger partial charge on any atom is 0.124 e. The lowest BCUT2D eigenvalue weighted by molar-refractivity contribution is 0.676. The van der Waals surface area contributed by atoms with Crippen molar-refractivity contribution in [1.29, 1.82) is 0 Å². The van der Waals surface area contributed by atoms with Crippen LogP contribution in [0.2, 0.25) is 0 Å². The Balaban J connectivity index is 2.23. The van der Waals surface area contributed by atoms with Crippen molar-refractivity contribution in [2.24, 2.45) is 0 Å². The second kappa shape index (κ2) is 6.48. The lowest BCUT2D eigenvalue weighted by Crippen LogP contribution is -2.03. The summed E-state index contributed by atoms with van der Waals surface area (Å²) in [7, 11) is 0. The predicted octanol–water partition coefficient (Wildman–Crippen LogP) is 4.23. The van der Waals surface area contributed by atoms with E-state index in [0.29, 0.717) is 5.88 Å². The average molecular weight is 283 g/mol. The van der Waals surface area contributed by atoms with Crippen LogP contribution in [0.5, 0.6) is 0 Å². The average Bonchev–Trinajstić information content (AvgIpc) is 2.71. The van der Waals surface area contributed by atoms with E-state index >= 15 is 0 Å². The first-order chi connectivity index (χ1) is 8.76. The van der Waals surface area contributed by atoms with Gasteiger partial charge >= 0.3 is 0 Å². The molecule has 4 heteroatoms. The second-order valence-corrected chi connectivity index (χ2v) is 6.02. The fraction of sp³-hybridized carbons (Fsp3) is 0.500. The number of benzene rings is 1. The molecule has 0 amide bonds. The lowest BCUT2D eigenvalue weighted by Gasteiger charge is -2.07. The van der Waals surface area contributed by atoms with Gasteiger partial charge in [0, 0.05) is 6.54 Å². The normalized spacial score (nSPS) is 11.3. The van der Waals surface area contributed by atoms with E-state index in [2.05, 4.69) is 41.6 Å². The number of hydrogen-bond acceptors (Lipinski definition) is 2. The Bertz CT molecular complexity index is 522. The molecule has 0 saturated carbocycles. The standard InChI is InChI=1S/C14H19ClN2S/c1-3-18-8-4-7-17-13-6-5-11(2)9-12(13)16-14(17)10-15/h5-6,9H,3-4,7-8,10H2,1-2H3. The number of nitrogens with zero attached hydrogens (tertiary/aromatic N) is 2. The Kier molecular flexibility index (Phi) is 4.95. The van der Waals surface area contributed by atoms with Crippen LogP contribution in [0.15, 0.2) is 18.2 Å². The first-order valence-corrected chi connectivity index (χ1v) is 8.04. The van der Waals surface area contributed by atoms with Crippen LogP contribution in [0.1, 0.15) is 24.7 Å². The van der Waals surface area contributed by atoms with Gasteiger partial charge in [-0.2, -0.15) is 11.8 Å². The highest BCUT2D eigenvalue weighted by molar-refractivity contribution is 7.99. The van der Waals surface area contributed by atoms with Crippen molar-refractivity contribution in [2.45, 2.75) is 32.7 Å². The number of aryl methyl sites for hydroxylation is 2. The van der Waals surface area contributed by atoms with Crippen LogP contribution in [-0.2, 0) is 12.4 Å². The molecule has 0 aliphatic rings. The lowest BCUT2D eigenvalue weighted by atomic mass is 10.2. The topological polar surface area (TPSA) is 17.8 Å². The largest absolute Gasteiger partial charge is 0.327 e. The summed E-state index contributed by atoms with van der Waals surface area (Å²) in [4.78, 5) is 4.62. The molecule has 18 heavy (non-hydrogen) atoms. The van der Waals surface area contributed by atoms with Crippen LogP contribution in [0, 0.1) is 6.92 Å². The van der Waals surface area contributed by atoms with Gasteiger partial charge in [-0.3, -0.25) is 0 Å². The summed E-state index contributed by atoms with van der Waals surface area (Å²) < 4.78 is 2.26. The number of imidazole rings is 1. The Morgan fingerprint density at radius 2 is 2.22 bits per heavy atom. The molecule has 98 valence electrons. The van der Waals surface area contributed by atoms with Gasteiger partial charge in [-0.1, -0.05) is 13.0 Å². The molecule has 1 heterocycles. The van der Waals surface area contributed by atoms with E-state index in [4.69, 9.17) is 11.6 Å². The number of thioether (sulfide) groups is 1. The molecule has 0 bridgehead atoms. The number of halogens is 1. The van der Waals surface area contributed by atoms with E-state index in [0.717, 1.165) is 17.9 Å². The molecule has 2 rings (SSSR count). The molecule has 1 aromatic heterocycles. The van der Waals surface area contributed by atoms with Crippen LogP contribution in [0.3, 0.4) is 0 Å². The first kappa shape index (κ1) is 13.8. The predicted molar refractivity (Wildman–Crippen MR) is 81.6 cm³/mol. The van der Waals surface area contributed by atoms with E-state index in [1.54, 1.807) is 0 Å². The van der Waals surface area contributed by atoms with Crippen LogP contribution in [-0.4, -0.2) is 21.1 Å². The highest BCUT2D eigenvalue weighted by Gasteiger charge is 2.09. The SMILES string of the molecule is CCSCCCn1c(CCl)nc2cc(C)ccc21. The van der Waals surface area contributed by atoms with Gasteiger partial charge in [0.2, 0.25) is 0 Å². The van der Waals surface area contributed by atoms with Gasteiger partial charge in [0.15, 0.2) is 0 Å². The minimum Gasteiger partial charge on any atom is -0.327 e. The Hall–Kier alpha value is -0.670. The molecule has 0 N–H and O–H groups in total. The molecule has 0 aliphatic carbocycles. The van der Waals surface area contributed by atoms with Gasteiger partial charge in [-0.05, 0) is 42.5 Å². The third-order valence-corrected chi connectivity index (χ3v) is 4.20. The zero-order chi connectivity index (χ0) is 13.0. The smallest absolute Gasteiger partial charge is 0.124 e. The first-order valence-electron chi connectivity index (χ1n) is 6.35. The Labute approximate surface area is 118 Å². The molecule has 0 fully saturated rings. The fourth-order valence-corrected chi connectivity index (χ4v) is 2.94. The molecule has 0 unspecified atom stereocenters. The highest BCUT2D eigenvalue weighted by Crippen LogP contribution is 2.20. The Morgan fingerprint density at radius 1 is 1.39 bits per heavy atom. The van der Waals surface area contributed by atoms with Gasteiger partial charge in [-0.25, -0.2) is 4.98 Å². The molecule has 0 radical (unpaired) electrons. The van der Waals surface area contributed by atoms with Gasteiger partial charge < -0.3 is 4.57 Å². The third-order valence-electron chi connectivity index (χ3n) is 2.98. The van der Waals surface area contributed by atoms with Crippen LogP contribution in [0.25, 0.3) is 11.0 Å². The quantitative estimate of drug-likeness (QED) is 0.583. The zero-order valence-electron chi connectivity index (χ0n) is 10.9. The van der Waals surface area contributed by atoms with E-state index in [1.807, 2.05) is 11.8 Å². The maximum absolute atomic E-state index is 5.99.